The van der Waals surface area contributed by atoms with Gasteiger partial charge in [-0.25, -0.2) is 44.3 Å². The monoisotopic (exact) mass is 1540 g/mol. The maximum Gasteiger partial charge on any atom is 0.259 e. The minimum Gasteiger partial charge on any atom is -0.441 e. The van der Waals surface area contributed by atoms with Gasteiger partial charge in [0, 0.05) is 213 Å². The third-order valence-electron chi connectivity index (χ3n) is 22.1. The first kappa shape index (κ1) is 73.6. The van der Waals surface area contributed by atoms with Gasteiger partial charge in [-0.05, 0) is 124 Å². The molecule has 0 spiro atoms. The van der Waals surface area contributed by atoms with E-state index in [1.807, 2.05) is 143 Å². The number of nitrogens with zero attached hydrogens (tertiary/aromatic N) is 18. The molecule has 0 bridgehead atoms. The summed E-state index contributed by atoms with van der Waals surface area (Å²) in [6.45, 7) is 24.2. The second-order valence-electron chi connectivity index (χ2n) is 30.2. The summed E-state index contributed by atoms with van der Waals surface area (Å²) in [5.74, 6) is 3.78. The lowest BCUT2D eigenvalue weighted by Crippen LogP contribution is -2.49. The van der Waals surface area contributed by atoms with Gasteiger partial charge in [-0.3, -0.25) is 36.8 Å². The number of aryl methyl sites for hydroxylation is 4. The van der Waals surface area contributed by atoms with Crippen molar-refractivity contribution in [3.63, 3.8) is 0 Å². The highest BCUT2D eigenvalue weighted by molar-refractivity contribution is 5.82. The summed E-state index contributed by atoms with van der Waals surface area (Å²) in [5, 5.41) is 10.1. The number of rotatable bonds is 10. The number of fused-ring (bicyclic) bond motifs is 9. The largest absolute Gasteiger partial charge is 0.441 e. The van der Waals surface area contributed by atoms with Crippen LogP contribution in [0.15, 0.2) is 203 Å². The molecule has 0 radical (unpaired) electrons. The van der Waals surface area contributed by atoms with E-state index in [0.717, 1.165) is 184 Å². The first-order chi connectivity index (χ1) is 55.9. The number of halogens is 1. The number of anilines is 4. The highest BCUT2D eigenvalue weighted by Crippen LogP contribution is 2.35. The van der Waals surface area contributed by atoms with Gasteiger partial charge in [-0.15, -0.1) is 0 Å². The van der Waals surface area contributed by atoms with Crippen LogP contribution in [0.2, 0.25) is 0 Å². The summed E-state index contributed by atoms with van der Waals surface area (Å²) in [5.41, 5.74) is 16.7. The van der Waals surface area contributed by atoms with Crippen LogP contribution in [0.25, 0.3) is 106 Å². The van der Waals surface area contributed by atoms with Crippen LogP contribution in [0, 0.1) is 31.5 Å². The van der Waals surface area contributed by atoms with Gasteiger partial charge in [0.2, 0.25) is 0 Å². The van der Waals surface area contributed by atoms with Crippen LogP contribution in [0.4, 0.5) is 27.3 Å². The highest BCUT2D eigenvalue weighted by Gasteiger charge is 2.39. The molecule has 16 aromatic rings. The number of pyridine rings is 5. The number of imidazole rings is 1. The number of oxazole rings is 3. The Morgan fingerprint density at radius 2 is 0.870 bits per heavy atom. The first-order valence-corrected chi connectivity index (χ1v) is 39.2. The van der Waals surface area contributed by atoms with Gasteiger partial charge in [-0.1, -0.05) is 32.0 Å². The average molecular weight is 1540 g/mol. The fourth-order valence-electron chi connectivity index (χ4n) is 16.2. The lowest BCUT2D eigenvalue weighted by atomic mass is 10.0. The Kier molecular flexibility index (Phi) is 19.8. The van der Waals surface area contributed by atoms with Crippen LogP contribution in [0.3, 0.4) is 0 Å². The Morgan fingerprint density at radius 3 is 1.40 bits per heavy atom. The molecule has 0 saturated carbocycles. The lowest BCUT2D eigenvalue weighted by Gasteiger charge is -2.33. The van der Waals surface area contributed by atoms with Crippen molar-refractivity contribution < 1.29 is 17.6 Å². The van der Waals surface area contributed by atoms with Gasteiger partial charge in [0.15, 0.2) is 45.9 Å². The molecule has 3 atom stereocenters. The number of aromatic nitrogens is 13. The van der Waals surface area contributed by atoms with Crippen molar-refractivity contribution in [1.29, 1.82) is 0 Å². The van der Waals surface area contributed by atoms with Gasteiger partial charge in [0.25, 0.3) is 22.2 Å². The molecule has 21 rings (SSSR count). The molecule has 5 fully saturated rings. The molecule has 28 nitrogen and oxygen atoms in total. The van der Waals surface area contributed by atoms with E-state index in [1.165, 1.54) is 10.5 Å². The SMILES string of the molecule is CCc1nc2ccc(-c3cc(=O)n4cc(N5CCNCC5)ccc4n3)cc2o1.CCc1nc2ccc(-c3cc(=O)n4cc(N5CCN[C@@H](C)C5)ccc4n3)cc2o1.Cc1cn2cc(-c3ccc4nc(N5CCNCC5)cc(=O)n4c3)cc(F)c2n1.Cc1nc2ccc(-c3cc(=O)n4cc(N5C[C@H]6CN(C)C[C@H]6C5)ccc4n3)cc2o1. The molecule has 13 aromatic heterocycles. The van der Waals surface area contributed by atoms with Crippen LogP contribution in [-0.2, 0) is 12.8 Å². The van der Waals surface area contributed by atoms with Crippen LogP contribution in [-0.4, -0.2) is 178 Å². The zero-order chi connectivity index (χ0) is 78.7. The summed E-state index contributed by atoms with van der Waals surface area (Å²) in [6.07, 6.45) is 12.5. The van der Waals surface area contributed by atoms with Crippen molar-refractivity contribution in [2.24, 2.45) is 11.8 Å². The highest BCUT2D eigenvalue weighted by atomic mass is 19.1. The van der Waals surface area contributed by atoms with Gasteiger partial charge >= 0.3 is 0 Å². The molecular weight excluding hydrogens is 1460 g/mol. The van der Waals surface area contributed by atoms with Gasteiger partial charge in [-0.2, -0.15) is 0 Å². The summed E-state index contributed by atoms with van der Waals surface area (Å²) >= 11 is 0. The third kappa shape index (κ3) is 15.2. The molecule has 3 N–H and O–H groups in total. The molecule has 3 aromatic carbocycles. The predicted octanol–water partition coefficient (Wildman–Crippen LogP) is 10.0. The number of hydrogen-bond donors (Lipinski definition) is 3. The van der Waals surface area contributed by atoms with E-state index in [2.05, 4.69) is 85.4 Å². The molecule has 5 saturated heterocycles. The number of piperazine rings is 3. The Labute approximate surface area is 657 Å². The molecule has 29 heteroatoms. The third-order valence-corrected chi connectivity index (χ3v) is 22.1. The fourth-order valence-corrected chi connectivity index (χ4v) is 16.2. The Morgan fingerprint density at radius 1 is 0.417 bits per heavy atom. The quantitative estimate of drug-likeness (QED) is 0.115. The zero-order valence-corrected chi connectivity index (χ0v) is 64.7. The van der Waals surface area contributed by atoms with E-state index < -0.39 is 5.82 Å². The van der Waals surface area contributed by atoms with E-state index in [-0.39, 0.29) is 22.2 Å². The fraction of sp³-hybridized carbons (Fsp3) is 0.302. The maximum absolute atomic E-state index is 14.4. The van der Waals surface area contributed by atoms with E-state index >= 15 is 0 Å². The van der Waals surface area contributed by atoms with Crippen LogP contribution in [0.5, 0.6) is 0 Å². The smallest absolute Gasteiger partial charge is 0.259 e. The van der Waals surface area contributed by atoms with E-state index in [0.29, 0.717) is 97.2 Å². The number of benzene rings is 3. The zero-order valence-electron chi connectivity index (χ0n) is 64.7. The van der Waals surface area contributed by atoms with E-state index in [1.54, 1.807) is 60.3 Å². The number of likely N-dealkylation sites (tertiary alicyclic amines) is 1. The Hall–Kier alpha value is -12.8. The second kappa shape index (κ2) is 30.9. The molecule has 584 valence electrons. The normalized spacial score (nSPS) is 17.3. The van der Waals surface area contributed by atoms with Crippen molar-refractivity contribution in [2.75, 3.05) is 125 Å². The molecule has 0 aliphatic carbocycles. The topological polar surface area (TPSA) is 285 Å². The van der Waals surface area contributed by atoms with Crippen LogP contribution >= 0.6 is 0 Å². The van der Waals surface area contributed by atoms with E-state index in [4.69, 9.17) is 28.2 Å². The summed E-state index contributed by atoms with van der Waals surface area (Å²) in [6, 6.07) is 40.9. The standard InChI is InChI=1S/C23H23N5O2.C22H23N5O2.C21H21N5O2.C20H19FN6O/c1-14-24-19-5-3-15(7-21(19)30-14)20-8-23(29)28-13-18(4-6-22(28)25-20)27-11-16-9-26(2)10-17(16)12-27;1-3-21-25-17-6-4-15(10-19(17)29-21)18-11-22(28)27-13-16(5-7-20(27)24-18)26-9-8-23-14(2)12-26;1-2-20-24-16-5-3-14(11-18(16)28-20)17-12-21(27)26-13-15(4-6-19(26)23-17)25-9-7-22-8-10-25;1-13-10-26-11-15(8-16(21)20(26)23-13)14-2-3-17-24-18(9-19(28)27(17)12-14)25-6-4-22-5-7-25/h3-8,13,16-17H,9-12H2,1-2H3;4-7,10-11,13-14,23H,3,8-9,12H2,1-2H3;3-6,11-13,22H,2,7-10H2,1H3;2-3,8-12,22H,4-7H2,1H3/t16-,17+;14-;;/m.0../s1. The van der Waals surface area contributed by atoms with Gasteiger partial charge in [0.05, 0.1) is 39.8 Å². The molecule has 5 aliphatic heterocycles. The predicted molar refractivity (Wildman–Crippen MR) is 444 cm³/mol. The summed E-state index contributed by atoms with van der Waals surface area (Å²) in [4.78, 5) is 98.9. The lowest BCUT2D eigenvalue weighted by molar-refractivity contribution is 0.387. The summed E-state index contributed by atoms with van der Waals surface area (Å²) < 4.78 is 39.6. The molecule has 18 heterocycles. The molecule has 115 heavy (non-hydrogen) atoms. The summed E-state index contributed by atoms with van der Waals surface area (Å²) in [7, 11) is 2.20. The average Bonchev–Trinajstić information content (AvgIpc) is 1.72. The van der Waals surface area contributed by atoms with Crippen molar-refractivity contribution >= 4 is 84.4 Å². The van der Waals surface area contributed by atoms with Crippen LogP contribution in [0.1, 0.15) is 44.1 Å². The van der Waals surface area contributed by atoms with Gasteiger partial charge < -0.3 is 58.1 Å². The number of hydrogen-bond acceptors (Lipinski definition) is 23. The number of nitrogens with one attached hydrogen (secondary N) is 3. The van der Waals surface area contributed by atoms with Crippen molar-refractivity contribution in [2.45, 2.75) is 53.5 Å². The molecule has 5 aliphatic rings. The Bertz CT molecular complexity index is 6650. The molecular formula is C86H86FN21O7. The van der Waals surface area contributed by atoms with Crippen molar-refractivity contribution in [3.8, 4) is 44.9 Å². The molecule has 0 amide bonds. The van der Waals surface area contributed by atoms with Crippen molar-refractivity contribution in [3.05, 3.63) is 241 Å². The first-order valence-electron chi connectivity index (χ1n) is 39.2. The Balaban J connectivity index is 0.000000106. The molecule has 0 unspecified atom stereocenters. The minimum atomic E-state index is -0.398. The second-order valence-corrected chi connectivity index (χ2v) is 30.2. The minimum absolute atomic E-state index is 0.0789. The van der Waals surface area contributed by atoms with Gasteiger partial charge in [0.1, 0.15) is 45.0 Å². The maximum atomic E-state index is 14.4. The van der Waals surface area contributed by atoms with Crippen molar-refractivity contribution in [1.82, 2.24) is 82.7 Å². The van der Waals surface area contributed by atoms with Crippen LogP contribution < -0.4 is 57.8 Å². The van der Waals surface area contributed by atoms with E-state index in [9.17, 15) is 23.6 Å².